The minimum Gasteiger partial charge on any atom is -0.494 e. The normalized spacial score (nSPS) is 13.0. The molecule has 0 saturated carbocycles. The molecule has 0 aliphatic carbocycles. The summed E-state index contributed by atoms with van der Waals surface area (Å²) in [4.78, 5) is 13.1. The van der Waals surface area contributed by atoms with Gasteiger partial charge in [-0.3, -0.25) is 4.79 Å². The highest BCUT2D eigenvalue weighted by atomic mass is 16.5. The van der Waals surface area contributed by atoms with Gasteiger partial charge in [0.05, 0.1) is 13.0 Å². The fourth-order valence-electron chi connectivity index (χ4n) is 2.79. The molecule has 1 aliphatic heterocycles. The predicted octanol–water partition coefficient (Wildman–Crippen LogP) is 3.79. The summed E-state index contributed by atoms with van der Waals surface area (Å²) >= 11 is 0. The SMILES string of the molecule is CCOc1cc(CC(=O)O)cc(Oc2cccc(C3=CN(C)C3)c2)c1. The van der Waals surface area contributed by atoms with E-state index in [1.807, 2.05) is 32.2 Å². The van der Waals surface area contributed by atoms with E-state index >= 15 is 0 Å². The zero-order chi connectivity index (χ0) is 17.8. The maximum atomic E-state index is 11.0. The monoisotopic (exact) mass is 339 g/mol. The van der Waals surface area contributed by atoms with Crippen LogP contribution in [0.25, 0.3) is 5.57 Å². The lowest BCUT2D eigenvalue weighted by atomic mass is 10.0. The predicted molar refractivity (Wildman–Crippen MR) is 96.1 cm³/mol. The molecule has 0 unspecified atom stereocenters. The second-order valence-electron chi connectivity index (χ2n) is 6.02. The van der Waals surface area contributed by atoms with Gasteiger partial charge in [0.2, 0.25) is 0 Å². The van der Waals surface area contributed by atoms with Gasteiger partial charge in [-0.15, -0.1) is 0 Å². The number of rotatable bonds is 7. The van der Waals surface area contributed by atoms with Crippen LogP contribution in [0.3, 0.4) is 0 Å². The summed E-state index contributed by atoms with van der Waals surface area (Å²) in [6, 6.07) is 13.1. The van der Waals surface area contributed by atoms with E-state index in [1.54, 1.807) is 18.2 Å². The van der Waals surface area contributed by atoms with Gasteiger partial charge in [0, 0.05) is 25.9 Å². The minimum absolute atomic E-state index is 0.0729. The molecule has 0 saturated heterocycles. The Balaban J connectivity index is 1.84. The molecule has 130 valence electrons. The molecular weight excluding hydrogens is 318 g/mol. The third-order valence-electron chi connectivity index (χ3n) is 3.84. The third-order valence-corrected chi connectivity index (χ3v) is 3.84. The smallest absolute Gasteiger partial charge is 0.307 e. The highest BCUT2D eigenvalue weighted by Crippen LogP contribution is 2.31. The van der Waals surface area contributed by atoms with Gasteiger partial charge in [0.1, 0.15) is 17.2 Å². The van der Waals surface area contributed by atoms with Gasteiger partial charge in [-0.2, -0.15) is 0 Å². The Bertz CT molecular complexity index is 813. The zero-order valence-corrected chi connectivity index (χ0v) is 14.4. The molecule has 1 aliphatic rings. The zero-order valence-electron chi connectivity index (χ0n) is 14.4. The molecule has 0 spiro atoms. The lowest BCUT2D eigenvalue weighted by Gasteiger charge is -2.27. The Morgan fingerprint density at radius 1 is 1.16 bits per heavy atom. The van der Waals surface area contributed by atoms with Crippen molar-refractivity contribution in [1.29, 1.82) is 0 Å². The molecule has 0 fully saturated rings. The number of nitrogens with zero attached hydrogens (tertiary/aromatic N) is 1. The summed E-state index contributed by atoms with van der Waals surface area (Å²) in [5.74, 6) is 1.00. The molecule has 0 amide bonds. The Morgan fingerprint density at radius 2 is 1.92 bits per heavy atom. The van der Waals surface area contributed by atoms with Crippen molar-refractivity contribution in [3.05, 3.63) is 59.8 Å². The van der Waals surface area contributed by atoms with Gasteiger partial charge < -0.3 is 19.5 Å². The Morgan fingerprint density at radius 3 is 2.60 bits per heavy atom. The molecular formula is C20H21NO4. The van der Waals surface area contributed by atoms with Crippen LogP contribution in [0.5, 0.6) is 17.2 Å². The van der Waals surface area contributed by atoms with Crippen LogP contribution in [0.15, 0.2) is 48.7 Å². The van der Waals surface area contributed by atoms with Crippen molar-refractivity contribution in [2.24, 2.45) is 0 Å². The van der Waals surface area contributed by atoms with E-state index in [0.717, 1.165) is 12.1 Å². The van der Waals surface area contributed by atoms with Crippen molar-refractivity contribution in [3.63, 3.8) is 0 Å². The quantitative estimate of drug-likeness (QED) is 0.832. The standard InChI is InChI=1S/C20H21NO4/c1-3-24-18-7-14(9-20(22)23)8-19(11-18)25-17-6-4-5-15(10-17)16-12-21(2)13-16/h4-8,10-12H,3,9,13H2,1-2H3,(H,22,23). The van der Waals surface area contributed by atoms with E-state index in [2.05, 4.69) is 17.2 Å². The van der Waals surface area contributed by atoms with Gasteiger partial charge in [0.25, 0.3) is 0 Å². The van der Waals surface area contributed by atoms with Gasteiger partial charge in [-0.1, -0.05) is 12.1 Å². The molecule has 2 aromatic rings. The summed E-state index contributed by atoms with van der Waals surface area (Å²) in [5, 5.41) is 9.03. The van der Waals surface area contributed by atoms with E-state index in [9.17, 15) is 4.79 Å². The summed E-state index contributed by atoms with van der Waals surface area (Å²) in [6.45, 7) is 3.32. The first kappa shape index (κ1) is 16.9. The molecule has 0 aromatic heterocycles. The topological polar surface area (TPSA) is 59.0 Å². The second kappa shape index (κ2) is 7.30. The largest absolute Gasteiger partial charge is 0.494 e. The second-order valence-corrected chi connectivity index (χ2v) is 6.02. The number of aliphatic carboxylic acids is 1. The lowest BCUT2D eigenvalue weighted by Crippen LogP contribution is -2.23. The highest BCUT2D eigenvalue weighted by Gasteiger charge is 2.14. The van der Waals surface area contributed by atoms with Crippen LogP contribution >= 0.6 is 0 Å². The summed E-state index contributed by atoms with van der Waals surface area (Å²) in [5.41, 5.74) is 3.04. The number of carboxylic acid groups (broad SMARTS) is 1. The van der Waals surface area contributed by atoms with Crippen molar-refractivity contribution in [2.45, 2.75) is 13.3 Å². The number of carboxylic acids is 1. The van der Waals surface area contributed by atoms with Crippen molar-refractivity contribution >= 4 is 11.5 Å². The first-order chi connectivity index (χ1) is 12.0. The van der Waals surface area contributed by atoms with Gasteiger partial charge in [-0.05, 0) is 47.9 Å². The Labute approximate surface area is 147 Å². The lowest BCUT2D eigenvalue weighted by molar-refractivity contribution is -0.136. The van der Waals surface area contributed by atoms with Gasteiger partial charge >= 0.3 is 5.97 Å². The van der Waals surface area contributed by atoms with E-state index in [-0.39, 0.29) is 6.42 Å². The van der Waals surface area contributed by atoms with Gasteiger partial charge in [-0.25, -0.2) is 0 Å². The highest BCUT2D eigenvalue weighted by molar-refractivity contribution is 5.72. The number of likely N-dealkylation sites (N-methyl/N-ethyl adjacent to an activating group) is 1. The van der Waals surface area contributed by atoms with Crippen LogP contribution in [-0.4, -0.2) is 36.2 Å². The van der Waals surface area contributed by atoms with Crippen LogP contribution in [0, 0.1) is 0 Å². The first-order valence-corrected chi connectivity index (χ1v) is 8.21. The maximum Gasteiger partial charge on any atom is 0.307 e. The number of ether oxygens (including phenoxy) is 2. The number of carbonyl (C=O) groups is 1. The van der Waals surface area contributed by atoms with Crippen LogP contribution in [-0.2, 0) is 11.2 Å². The van der Waals surface area contributed by atoms with E-state index < -0.39 is 5.97 Å². The molecule has 3 rings (SSSR count). The molecule has 0 radical (unpaired) electrons. The molecule has 2 aromatic carbocycles. The molecule has 25 heavy (non-hydrogen) atoms. The minimum atomic E-state index is -0.886. The molecule has 1 N–H and O–H groups in total. The van der Waals surface area contributed by atoms with Crippen molar-refractivity contribution in [1.82, 2.24) is 4.90 Å². The number of benzene rings is 2. The average molecular weight is 339 g/mol. The van der Waals surface area contributed by atoms with E-state index in [0.29, 0.717) is 29.4 Å². The Kier molecular flexibility index (Phi) is 4.93. The van der Waals surface area contributed by atoms with E-state index in [4.69, 9.17) is 14.6 Å². The summed E-state index contributed by atoms with van der Waals surface area (Å²) in [7, 11) is 2.03. The van der Waals surface area contributed by atoms with Crippen LogP contribution in [0.1, 0.15) is 18.1 Å². The first-order valence-electron chi connectivity index (χ1n) is 8.21. The van der Waals surface area contributed by atoms with Gasteiger partial charge in [0.15, 0.2) is 0 Å². The van der Waals surface area contributed by atoms with Crippen LogP contribution < -0.4 is 9.47 Å². The molecule has 5 nitrogen and oxygen atoms in total. The number of hydrogen-bond acceptors (Lipinski definition) is 4. The van der Waals surface area contributed by atoms with Crippen molar-refractivity contribution < 1.29 is 19.4 Å². The summed E-state index contributed by atoms with van der Waals surface area (Å²) in [6.07, 6.45) is 2.02. The Hall–Kier alpha value is -2.95. The fourth-order valence-corrected chi connectivity index (χ4v) is 2.79. The van der Waals surface area contributed by atoms with Crippen molar-refractivity contribution in [3.8, 4) is 17.2 Å². The maximum absolute atomic E-state index is 11.0. The average Bonchev–Trinajstić information content (AvgIpc) is 2.51. The van der Waals surface area contributed by atoms with Crippen LogP contribution in [0.4, 0.5) is 0 Å². The molecule has 5 heteroatoms. The van der Waals surface area contributed by atoms with Crippen molar-refractivity contribution in [2.75, 3.05) is 20.2 Å². The fraction of sp³-hybridized carbons (Fsp3) is 0.250. The van der Waals surface area contributed by atoms with E-state index in [1.165, 1.54) is 5.57 Å². The molecule has 0 bridgehead atoms. The molecule has 0 atom stereocenters. The van der Waals surface area contributed by atoms with Crippen LogP contribution in [0.2, 0.25) is 0 Å². The molecule has 1 heterocycles. The third kappa shape index (κ3) is 4.32. The summed E-state index contributed by atoms with van der Waals surface area (Å²) < 4.78 is 11.5. The number of hydrogen-bond donors (Lipinski definition) is 1.